The molecule has 0 aliphatic rings. The summed E-state index contributed by atoms with van der Waals surface area (Å²) in [4.78, 5) is 27.0. The minimum atomic E-state index is -0.239. The van der Waals surface area contributed by atoms with E-state index in [1.165, 1.54) is 9.80 Å². The van der Waals surface area contributed by atoms with Crippen LogP contribution in [0, 0.1) is 13.8 Å². The first-order valence-electron chi connectivity index (χ1n) is 9.00. The minimum Gasteiger partial charge on any atom is -0.338 e. The molecule has 0 aliphatic heterocycles. The molecule has 2 rings (SSSR count). The number of nitrogens with one attached hydrogen (secondary N) is 2. The van der Waals surface area contributed by atoms with Crippen molar-refractivity contribution in [1.29, 1.82) is 0 Å². The number of amides is 3. The van der Waals surface area contributed by atoms with E-state index in [1.54, 1.807) is 18.8 Å². The lowest BCUT2D eigenvalue weighted by Crippen LogP contribution is -2.42. The molecule has 0 aromatic heterocycles. The quantitative estimate of drug-likeness (QED) is 0.532. The monoisotopic (exact) mass is 385 g/mol. The molecule has 0 atom stereocenters. The summed E-state index contributed by atoms with van der Waals surface area (Å²) in [5, 5.41) is 5.75. The van der Waals surface area contributed by atoms with E-state index in [-0.39, 0.29) is 18.5 Å². The number of hydrogen-bond acceptors (Lipinski definition) is 3. The molecule has 2 aromatic carbocycles. The molecular weight excluding hydrogens is 358 g/mol. The maximum absolute atomic E-state index is 12.2. The number of thioether (sulfide) groups is 1. The summed E-state index contributed by atoms with van der Waals surface area (Å²) in [5.41, 5.74) is 2.83. The van der Waals surface area contributed by atoms with Gasteiger partial charge < -0.3 is 15.5 Å². The molecule has 6 heteroatoms. The van der Waals surface area contributed by atoms with Crippen LogP contribution in [-0.4, -0.2) is 42.7 Å². The Kier molecular flexibility index (Phi) is 8.20. The van der Waals surface area contributed by atoms with E-state index >= 15 is 0 Å². The highest BCUT2D eigenvalue weighted by molar-refractivity contribution is 7.99. The van der Waals surface area contributed by atoms with Crippen LogP contribution in [0.5, 0.6) is 0 Å². The molecule has 144 valence electrons. The number of carbonyl (C=O) groups excluding carboxylic acids is 2. The summed E-state index contributed by atoms with van der Waals surface area (Å²) in [6.45, 7) is 4.50. The van der Waals surface area contributed by atoms with Gasteiger partial charge in [0.1, 0.15) is 6.54 Å². The van der Waals surface area contributed by atoms with E-state index in [0.29, 0.717) is 6.54 Å². The number of likely N-dealkylation sites (N-methyl/N-ethyl adjacent to an activating group) is 1. The normalized spacial score (nSPS) is 10.3. The van der Waals surface area contributed by atoms with Crippen molar-refractivity contribution in [2.45, 2.75) is 25.2 Å². The van der Waals surface area contributed by atoms with Crippen molar-refractivity contribution in [3.8, 4) is 0 Å². The average Bonchev–Trinajstić information content (AvgIpc) is 2.65. The predicted molar refractivity (Wildman–Crippen MR) is 112 cm³/mol. The molecule has 0 saturated carbocycles. The molecule has 5 nitrogen and oxygen atoms in total. The Morgan fingerprint density at radius 1 is 1.00 bits per heavy atom. The Hall–Kier alpha value is -2.47. The Labute approximate surface area is 165 Å². The van der Waals surface area contributed by atoms with E-state index in [1.807, 2.05) is 50.2 Å². The van der Waals surface area contributed by atoms with Gasteiger partial charge in [-0.3, -0.25) is 4.79 Å². The molecular formula is C21H27N3O2S. The van der Waals surface area contributed by atoms with E-state index < -0.39 is 0 Å². The Morgan fingerprint density at radius 2 is 1.67 bits per heavy atom. The minimum absolute atomic E-state index is 0.0123. The fourth-order valence-electron chi connectivity index (χ4n) is 2.59. The Bertz CT molecular complexity index is 745. The first kappa shape index (κ1) is 20.8. The van der Waals surface area contributed by atoms with Gasteiger partial charge >= 0.3 is 6.03 Å². The van der Waals surface area contributed by atoms with Gasteiger partial charge in [-0.05, 0) is 49.3 Å². The van der Waals surface area contributed by atoms with Crippen LogP contribution in [0.25, 0.3) is 0 Å². The zero-order valence-electron chi connectivity index (χ0n) is 16.1. The molecule has 3 amide bonds. The van der Waals surface area contributed by atoms with Crippen LogP contribution in [0.4, 0.5) is 10.5 Å². The summed E-state index contributed by atoms with van der Waals surface area (Å²) in [5.74, 6) is 0.728. The third-order valence-corrected chi connectivity index (χ3v) is 5.18. The first-order chi connectivity index (χ1) is 13.0. The van der Waals surface area contributed by atoms with E-state index in [2.05, 4.69) is 22.8 Å². The van der Waals surface area contributed by atoms with E-state index in [0.717, 1.165) is 29.0 Å². The lowest BCUT2D eigenvalue weighted by Gasteiger charge is -2.18. The smallest absolute Gasteiger partial charge is 0.317 e. The second kappa shape index (κ2) is 10.6. The van der Waals surface area contributed by atoms with Crippen molar-refractivity contribution >= 4 is 29.4 Å². The fourth-order valence-corrected chi connectivity index (χ4v) is 3.46. The molecule has 2 N–H and O–H groups in total. The van der Waals surface area contributed by atoms with Crippen molar-refractivity contribution in [1.82, 2.24) is 10.2 Å². The first-order valence-corrected chi connectivity index (χ1v) is 9.99. The van der Waals surface area contributed by atoms with Crippen molar-refractivity contribution in [2.24, 2.45) is 0 Å². The lowest BCUT2D eigenvalue weighted by atomic mass is 10.1. The maximum Gasteiger partial charge on any atom is 0.317 e. The van der Waals surface area contributed by atoms with Crippen LogP contribution in [-0.2, 0) is 4.79 Å². The van der Waals surface area contributed by atoms with Crippen LogP contribution >= 0.6 is 11.8 Å². The third kappa shape index (κ3) is 6.98. The van der Waals surface area contributed by atoms with Gasteiger partial charge in [0.2, 0.25) is 5.91 Å². The number of anilines is 1. The number of nitrogens with zero attached hydrogens (tertiary/aromatic N) is 1. The molecule has 0 heterocycles. The summed E-state index contributed by atoms with van der Waals surface area (Å²) in [7, 11) is 1.62. The highest BCUT2D eigenvalue weighted by atomic mass is 32.2. The van der Waals surface area contributed by atoms with Gasteiger partial charge in [0.15, 0.2) is 0 Å². The number of benzene rings is 2. The van der Waals surface area contributed by atoms with Gasteiger partial charge in [-0.25, -0.2) is 4.79 Å². The van der Waals surface area contributed by atoms with Crippen molar-refractivity contribution < 1.29 is 9.59 Å². The van der Waals surface area contributed by atoms with Crippen LogP contribution in [0.15, 0.2) is 53.4 Å². The second-order valence-corrected chi connectivity index (χ2v) is 7.59. The molecule has 0 spiro atoms. The number of aryl methyl sites for hydroxylation is 2. The molecule has 0 bridgehead atoms. The van der Waals surface area contributed by atoms with E-state index in [4.69, 9.17) is 0 Å². The highest BCUT2D eigenvalue weighted by Gasteiger charge is 2.14. The number of rotatable bonds is 8. The molecule has 0 fully saturated rings. The zero-order valence-corrected chi connectivity index (χ0v) is 16.9. The standard InChI is InChI=1S/C21H27N3O2S/c1-16-9-7-10-17(2)20(16)23-19(25)15-24(3)21(26)22-13-8-14-27-18-11-5-4-6-12-18/h4-7,9-12H,8,13-15H2,1-3H3,(H,22,26)(H,23,25). The fraction of sp³-hybridized carbons (Fsp3) is 0.333. The number of para-hydroxylation sites is 1. The van der Waals surface area contributed by atoms with Gasteiger partial charge in [-0.1, -0.05) is 36.4 Å². The van der Waals surface area contributed by atoms with Gasteiger partial charge in [-0.2, -0.15) is 0 Å². The topological polar surface area (TPSA) is 61.4 Å². The Morgan fingerprint density at radius 3 is 2.33 bits per heavy atom. The Balaban J connectivity index is 1.68. The average molecular weight is 386 g/mol. The summed E-state index contributed by atoms with van der Waals surface area (Å²) < 4.78 is 0. The van der Waals surface area contributed by atoms with Crippen LogP contribution < -0.4 is 10.6 Å². The van der Waals surface area contributed by atoms with Gasteiger partial charge in [-0.15, -0.1) is 11.8 Å². The van der Waals surface area contributed by atoms with Crippen molar-refractivity contribution in [3.05, 3.63) is 59.7 Å². The SMILES string of the molecule is Cc1cccc(C)c1NC(=O)CN(C)C(=O)NCCCSc1ccccc1. The summed E-state index contributed by atoms with van der Waals surface area (Å²) in [6.07, 6.45) is 0.869. The van der Waals surface area contributed by atoms with Gasteiger partial charge in [0, 0.05) is 24.2 Å². The second-order valence-electron chi connectivity index (χ2n) is 6.42. The van der Waals surface area contributed by atoms with Crippen LogP contribution in [0.2, 0.25) is 0 Å². The third-order valence-electron chi connectivity index (χ3n) is 4.08. The summed E-state index contributed by atoms with van der Waals surface area (Å²) >= 11 is 1.77. The van der Waals surface area contributed by atoms with Crippen molar-refractivity contribution in [3.63, 3.8) is 0 Å². The van der Waals surface area contributed by atoms with E-state index in [9.17, 15) is 9.59 Å². The lowest BCUT2D eigenvalue weighted by molar-refractivity contribution is -0.116. The molecule has 0 aliphatic carbocycles. The predicted octanol–water partition coefficient (Wildman–Crippen LogP) is 4.07. The van der Waals surface area contributed by atoms with Gasteiger partial charge in [0.25, 0.3) is 0 Å². The summed E-state index contributed by atoms with van der Waals surface area (Å²) in [6, 6.07) is 15.8. The van der Waals surface area contributed by atoms with Gasteiger partial charge in [0.05, 0.1) is 0 Å². The number of hydrogen-bond donors (Lipinski definition) is 2. The zero-order chi connectivity index (χ0) is 19.6. The molecule has 2 aromatic rings. The molecule has 0 saturated heterocycles. The number of urea groups is 1. The largest absolute Gasteiger partial charge is 0.338 e. The maximum atomic E-state index is 12.2. The molecule has 0 unspecified atom stereocenters. The van der Waals surface area contributed by atoms with Crippen LogP contribution in [0.3, 0.4) is 0 Å². The van der Waals surface area contributed by atoms with Crippen LogP contribution in [0.1, 0.15) is 17.5 Å². The number of carbonyl (C=O) groups is 2. The molecule has 27 heavy (non-hydrogen) atoms. The molecule has 0 radical (unpaired) electrons. The van der Waals surface area contributed by atoms with Crippen molar-refractivity contribution in [2.75, 3.05) is 31.2 Å². The highest BCUT2D eigenvalue weighted by Crippen LogP contribution is 2.19.